The van der Waals surface area contributed by atoms with Crippen molar-refractivity contribution in [3.63, 3.8) is 0 Å². The molecule has 3 aromatic rings. The lowest BCUT2D eigenvalue weighted by Gasteiger charge is -2.08. The van der Waals surface area contributed by atoms with E-state index in [0.29, 0.717) is 11.4 Å². The van der Waals surface area contributed by atoms with Crippen molar-refractivity contribution < 1.29 is 14.5 Å². The number of amides is 1. The summed E-state index contributed by atoms with van der Waals surface area (Å²) < 4.78 is 7.11. The molecular weight excluding hydrogens is 348 g/mol. The highest BCUT2D eigenvalue weighted by Gasteiger charge is 2.16. The van der Waals surface area contributed by atoms with Gasteiger partial charge in [-0.3, -0.25) is 14.9 Å². The Morgan fingerprint density at radius 2 is 1.93 bits per heavy atom. The molecule has 0 atom stereocenters. The summed E-state index contributed by atoms with van der Waals surface area (Å²) in [6.45, 7) is 3.41. The Morgan fingerprint density at radius 1 is 1.19 bits per heavy atom. The molecule has 0 fully saturated rings. The van der Waals surface area contributed by atoms with Gasteiger partial charge in [-0.1, -0.05) is 24.3 Å². The van der Waals surface area contributed by atoms with Crippen molar-refractivity contribution in [2.24, 2.45) is 0 Å². The number of anilines is 1. The third-order valence-electron chi connectivity index (χ3n) is 3.95. The Hall–Kier alpha value is -3.68. The summed E-state index contributed by atoms with van der Waals surface area (Å²) in [4.78, 5) is 22.5. The summed E-state index contributed by atoms with van der Waals surface area (Å²) >= 11 is 0. The fourth-order valence-electron chi connectivity index (χ4n) is 2.66. The molecule has 2 aromatic carbocycles. The van der Waals surface area contributed by atoms with Gasteiger partial charge < -0.3 is 10.1 Å². The molecule has 138 valence electrons. The summed E-state index contributed by atoms with van der Waals surface area (Å²) in [5, 5.41) is 18.1. The molecule has 8 nitrogen and oxygen atoms in total. The van der Waals surface area contributed by atoms with Crippen LogP contribution in [0.1, 0.15) is 11.4 Å². The molecule has 0 spiro atoms. The van der Waals surface area contributed by atoms with Gasteiger partial charge in [-0.2, -0.15) is 5.10 Å². The fourth-order valence-corrected chi connectivity index (χ4v) is 2.66. The van der Waals surface area contributed by atoms with E-state index in [1.807, 2.05) is 44.2 Å². The van der Waals surface area contributed by atoms with Crippen molar-refractivity contribution in [3.8, 4) is 11.4 Å². The van der Waals surface area contributed by atoms with Crippen LogP contribution in [0, 0.1) is 24.0 Å². The maximum Gasteiger partial charge on any atom is 0.273 e. The van der Waals surface area contributed by atoms with Gasteiger partial charge in [0.1, 0.15) is 5.75 Å². The minimum atomic E-state index is -0.516. The quantitative estimate of drug-likeness (QED) is 0.532. The third kappa shape index (κ3) is 4.12. The van der Waals surface area contributed by atoms with Crippen LogP contribution < -0.4 is 10.1 Å². The van der Waals surface area contributed by atoms with Crippen LogP contribution in [0.25, 0.3) is 5.69 Å². The number of benzene rings is 2. The van der Waals surface area contributed by atoms with E-state index in [1.54, 1.807) is 10.7 Å². The van der Waals surface area contributed by atoms with Crippen molar-refractivity contribution in [1.29, 1.82) is 0 Å². The molecule has 0 radical (unpaired) electrons. The summed E-state index contributed by atoms with van der Waals surface area (Å²) in [6.07, 6.45) is 0. The Labute approximate surface area is 155 Å². The van der Waals surface area contributed by atoms with Crippen LogP contribution in [-0.2, 0) is 4.79 Å². The third-order valence-corrected chi connectivity index (χ3v) is 3.95. The van der Waals surface area contributed by atoms with Crippen LogP contribution in [0.4, 0.5) is 11.4 Å². The molecular formula is C19H18N4O4. The number of carbonyl (C=O) groups is 1. The molecule has 1 heterocycles. The first kappa shape index (κ1) is 18.1. The zero-order chi connectivity index (χ0) is 19.4. The molecule has 27 heavy (non-hydrogen) atoms. The van der Waals surface area contributed by atoms with E-state index in [1.165, 1.54) is 18.2 Å². The van der Waals surface area contributed by atoms with Crippen LogP contribution in [0.5, 0.6) is 5.75 Å². The van der Waals surface area contributed by atoms with Crippen molar-refractivity contribution in [2.45, 2.75) is 13.8 Å². The van der Waals surface area contributed by atoms with Gasteiger partial charge >= 0.3 is 0 Å². The Bertz CT molecular complexity index is 983. The topological polar surface area (TPSA) is 99.3 Å². The second-order valence-corrected chi connectivity index (χ2v) is 5.88. The van der Waals surface area contributed by atoms with Crippen LogP contribution in [0.3, 0.4) is 0 Å². The predicted octanol–water partition coefficient (Wildman–Crippen LogP) is 3.41. The zero-order valence-electron chi connectivity index (χ0n) is 14.9. The molecule has 0 aliphatic rings. The highest BCUT2D eigenvalue weighted by molar-refractivity contribution is 5.93. The maximum atomic E-state index is 12.2. The second kappa shape index (κ2) is 7.69. The number of para-hydroxylation sites is 1. The maximum absolute atomic E-state index is 12.2. The smallest absolute Gasteiger partial charge is 0.273 e. The van der Waals surface area contributed by atoms with Crippen molar-refractivity contribution in [1.82, 2.24) is 9.78 Å². The molecule has 1 aromatic heterocycles. The number of aryl methyl sites for hydroxylation is 1. The lowest BCUT2D eigenvalue weighted by molar-refractivity contribution is -0.384. The molecule has 0 saturated carbocycles. The number of non-ortho nitro benzene ring substituents is 1. The number of nitro groups is 1. The lowest BCUT2D eigenvalue weighted by atomic mass is 10.3. The first-order chi connectivity index (χ1) is 13.0. The van der Waals surface area contributed by atoms with E-state index in [0.717, 1.165) is 11.4 Å². The number of carbonyl (C=O) groups excluding carboxylic acids is 1. The van der Waals surface area contributed by atoms with Gasteiger partial charge in [0.2, 0.25) is 0 Å². The molecule has 0 bridgehead atoms. The zero-order valence-corrected chi connectivity index (χ0v) is 14.9. The first-order valence-electron chi connectivity index (χ1n) is 8.24. The Morgan fingerprint density at radius 3 is 2.63 bits per heavy atom. The average molecular weight is 366 g/mol. The van der Waals surface area contributed by atoms with Gasteiger partial charge in [0.15, 0.2) is 6.61 Å². The van der Waals surface area contributed by atoms with E-state index in [2.05, 4.69) is 10.4 Å². The van der Waals surface area contributed by atoms with Gasteiger partial charge in [-0.05, 0) is 32.0 Å². The van der Waals surface area contributed by atoms with Gasteiger partial charge in [-0.25, -0.2) is 4.68 Å². The number of nitro benzene ring substituents is 1. The monoisotopic (exact) mass is 366 g/mol. The minimum absolute atomic E-state index is 0.0938. The first-order valence-corrected chi connectivity index (χ1v) is 8.24. The molecule has 0 unspecified atom stereocenters. The molecule has 8 heteroatoms. The fraction of sp³-hybridized carbons (Fsp3) is 0.158. The largest absolute Gasteiger partial charge is 0.484 e. The van der Waals surface area contributed by atoms with Gasteiger partial charge in [0, 0.05) is 6.07 Å². The second-order valence-electron chi connectivity index (χ2n) is 5.88. The number of nitrogens with one attached hydrogen (secondary N) is 1. The summed E-state index contributed by atoms with van der Waals surface area (Å²) in [6, 6.07) is 15.3. The van der Waals surface area contributed by atoms with E-state index in [4.69, 9.17) is 4.74 Å². The Balaban J connectivity index is 1.69. The number of hydrogen-bond acceptors (Lipinski definition) is 5. The van der Waals surface area contributed by atoms with Crippen LogP contribution in [0.2, 0.25) is 0 Å². The number of ether oxygens (including phenoxy) is 1. The van der Waals surface area contributed by atoms with Crippen molar-refractivity contribution >= 4 is 17.3 Å². The highest BCUT2D eigenvalue weighted by Crippen LogP contribution is 2.23. The Kier molecular flexibility index (Phi) is 5.16. The van der Waals surface area contributed by atoms with Crippen LogP contribution >= 0.6 is 0 Å². The van der Waals surface area contributed by atoms with E-state index < -0.39 is 4.92 Å². The lowest BCUT2D eigenvalue weighted by Crippen LogP contribution is -2.21. The standard InChI is InChI=1S/C19H18N4O4/c1-13-19(14(2)22(21-13)15-7-4-3-5-8-15)20-18(24)12-27-17-10-6-9-16(11-17)23(25)26/h3-11H,12H2,1-2H3,(H,20,24). The summed E-state index contributed by atoms with van der Waals surface area (Å²) in [7, 11) is 0. The molecule has 1 N–H and O–H groups in total. The van der Waals surface area contributed by atoms with E-state index in [9.17, 15) is 14.9 Å². The van der Waals surface area contributed by atoms with Gasteiger partial charge in [0.05, 0.1) is 33.8 Å². The minimum Gasteiger partial charge on any atom is -0.484 e. The van der Waals surface area contributed by atoms with Gasteiger partial charge in [0.25, 0.3) is 11.6 Å². The SMILES string of the molecule is Cc1nn(-c2ccccc2)c(C)c1NC(=O)COc1cccc([N+](=O)[O-])c1. The summed E-state index contributed by atoms with van der Waals surface area (Å²) in [5.74, 6) is -0.118. The summed E-state index contributed by atoms with van der Waals surface area (Å²) in [5.41, 5.74) is 2.89. The van der Waals surface area contributed by atoms with Crippen LogP contribution in [-0.4, -0.2) is 27.2 Å². The average Bonchev–Trinajstić information content (AvgIpc) is 2.95. The predicted molar refractivity (Wildman–Crippen MR) is 100 cm³/mol. The van der Waals surface area contributed by atoms with E-state index >= 15 is 0 Å². The number of hydrogen-bond donors (Lipinski definition) is 1. The molecule has 0 aliphatic heterocycles. The molecule has 0 saturated heterocycles. The van der Waals surface area contributed by atoms with Crippen molar-refractivity contribution in [3.05, 3.63) is 76.1 Å². The number of aromatic nitrogens is 2. The highest BCUT2D eigenvalue weighted by atomic mass is 16.6. The molecule has 0 aliphatic carbocycles. The molecule has 1 amide bonds. The molecule has 3 rings (SSSR count). The normalized spacial score (nSPS) is 10.4. The van der Waals surface area contributed by atoms with Crippen LogP contribution in [0.15, 0.2) is 54.6 Å². The number of rotatable bonds is 6. The van der Waals surface area contributed by atoms with Gasteiger partial charge in [-0.15, -0.1) is 0 Å². The van der Waals surface area contributed by atoms with Crippen molar-refractivity contribution in [2.75, 3.05) is 11.9 Å². The van der Waals surface area contributed by atoms with E-state index in [-0.39, 0.29) is 24.0 Å². The number of nitrogens with zero attached hydrogens (tertiary/aromatic N) is 3.